The Morgan fingerprint density at radius 2 is 1.84 bits per heavy atom. The van der Waals surface area contributed by atoms with Crippen LogP contribution in [0.25, 0.3) is 0 Å². The second kappa shape index (κ2) is 9.45. The average molecular weight is 447 g/mol. The Labute approximate surface area is 183 Å². The molecule has 0 radical (unpaired) electrons. The Bertz CT molecular complexity index is 1070. The highest BCUT2D eigenvalue weighted by atomic mass is 35.5. The number of halogens is 3. The second-order valence-electron chi connectivity index (χ2n) is 7.25. The summed E-state index contributed by atoms with van der Waals surface area (Å²) >= 11 is 6.24. The Kier molecular flexibility index (Phi) is 6.48. The summed E-state index contributed by atoms with van der Waals surface area (Å²) in [5, 5.41) is 4.96. The molecule has 9 heteroatoms. The summed E-state index contributed by atoms with van der Waals surface area (Å²) in [5.41, 5.74) is 1.36. The van der Waals surface area contributed by atoms with Crippen LogP contribution >= 0.6 is 11.6 Å². The fraction of sp³-hybridized carbons (Fsp3) is 0.273. The molecular weight excluding hydrogens is 426 g/mol. The van der Waals surface area contributed by atoms with Gasteiger partial charge in [0.1, 0.15) is 5.82 Å². The third-order valence-corrected chi connectivity index (χ3v) is 5.49. The lowest BCUT2D eigenvalue weighted by Crippen LogP contribution is -2.48. The first-order chi connectivity index (χ1) is 15.0. The standard InChI is InChI=1S/C22H21ClF2N4O2/c23-18-4-2-1-3-16(18)14-27-9-11-28(12-10-27)22(30)20-7-8-29(26-20)15-31-21-6-5-17(24)13-19(21)25/h1-8,13H,9-12,14-15H2. The maximum atomic E-state index is 13.7. The zero-order valence-corrected chi connectivity index (χ0v) is 17.4. The molecule has 0 saturated carbocycles. The lowest BCUT2D eigenvalue weighted by Gasteiger charge is -2.34. The number of rotatable bonds is 6. The van der Waals surface area contributed by atoms with Crippen molar-refractivity contribution >= 4 is 17.5 Å². The van der Waals surface area contributed by atoms with Crippen molar-refractivity contribution in [1.82, 2.24) is 19.6 Å². The van der Waals surface area contributed by atoms with E-state index in [9.17, 15) is 13.6 Å². The molecule has 0 spiro atoms. The van der Waals surface area contributed by atoms with Crippen LogP contribution in [0.2, 0.25) is 5.02 Å². The molecule has 1 aromatic heterocycles. The Morgan fingerprint density at radius 3 is 2.58 bits per heavy atom. The molecule has 0 bridgehead atoms. The predicted molar refractivity (Wildman–Crippen MR) is 112 cm³/mol. The number of benzene rings is 2. The number of ether oxygens (including phenoxy) is 1. The third kappa shape index (κ3) is 5.21. The number of hydrogen-bond donors (Lipinski definition) is 0. The number of aromatic nitrogens is 2. The van der Waals surface area contributed by atoms with Gasteiger partial charge in [-0.05, 0) is 29.8 Å². The van der Waals surface area contributed by atoms with Crippen molar-refractivity contribution in [2.45, 2.75) is 13.3 Å². The molecular formula is C22H21ClF2N4O2. The number of hydrogen-bond acceptors (Lipinski definition) is 4. The Morgan fingerprint density at radius 1 is 1.06 bits per heavy atom. The topological polar surface area (TPSA) is 50.6 Å². The normalized spacial score (nSPS) is 14.6. The molecule has 2 aromatic carbocycles. The van der Waals surface area contributed by atoms with E-state index in [1.54, 1.807) is 17.2 Å². The van der Waals surface area contributed by atoms with Gasteiger partial charge in [0.15, 0.2) is 24.0 Å². The minimum Gasteiger partial charge on any atom is -0.468 e. The number of piperazine rings is 1. The first-order valence-corrected chi connectivity index (χ1v) is 10.2. The van der Waals surface area contributed by atoms with E-state index in [0.717, 1.165) is 42.4 Å². The zero-order valence-electron chi connectivity index (χ0n) is 16.7. The molecule has 0 atom stereocenters. The van der Waals surface area contributed by atoms with Crippen LogP contribution in [0.1, 0.15) is 16.1 Å². The molecule has 0 aliphatic carbocycles. The SMILES string of the molecule is O=C(c1ccn(COc2ccc(F)cc2F)n1)N1CCN(Cc2ccccc2Cl)CC1. The molecule has 6 nitrogen and oxygen atoms in total. The quantitative estimate of drug-likeness (QED) is 0.578. The third-order valence-electron chi connectivity index (χ3n) is 5.12. The summed E-state index contributed by atoms with van der Waals surface area (Å²) in [6.45, 7) is 3.31. The van der Waals surface area contributed by atoms with E-state index in [1.165, 1.54) is 10.7 Å². The van der Waals surface area contributed by atoms with Crippen molar-refractivity contribution in [1.29, 1.82) is 0 Å². The first-order valence-electron chi connectivity index (χ1n) is 9.86. The van der Waals surface area contributed by atoms with Gasteiger partial charge in [-0.25, -0.2) is 13.5 Å². The van der Waals surface area contributed by atoms with Gasteiger partial charge < -0.3 is 9.64 Å². The molecule has 4 rings (SSSR count). The van der Waals surface area contributed by atoms with Gasteiger partial charge in [-0.15, -0.1) is 0 Å². The van der Waals surface area contributed by atoms with E-state index < -0.39 is 11.6 Å². The molecule has 2 heterocycles. The van der Waals surface area contributed by atoms with Crippen LogP contribution < -0.4 is 4.74 Å². The maximum Gasteiger partial charge on any atom is 0.274 e. The molecule has 1 saturated heterocycles. The Hall–Kier alpha value is -2.97. The van der Waals surface area contributed by atoms with Gasteiger partial charge >= 0.3 is 0 Å². The van der Waals surface area contributed by atoms with E-state index in [1.807, 2.05) is 24.3 Å². The molecule has 1 aliphatic rings. The number of nitrogens with zero attached hydrogens (tertiary/aromatic N) is 4. The summed E-state index contributed by atoms with van der Waals surface area (Å²) in [6.07, 6.45) is 1.59. The second-order valence-corrected chi connectivity index (χ2v) is 7.66. The minimum absolute atomic E-state index is 0.0839. The predicted octanol–water partition coefficient (Wildman–Crippen LogP) is 3.81. The first kappa shape index (κ1) is 21.3. The molecule has 1 fully saturated rings. The van der Waals surface area contributed by atoms with E-state index in [2.05, 4.69) is 10.00 Å². The van der Waals surface area contributed by atoms with Gasteiger partial charge in [0.05, 0.1) is 0 Å². The van der Waals surface area contributed by atoms with E-state index >= 15 is 0 Å². The van der Waals surface area contributed by atoms with E-state index in [-0.39, 0.29) is 18.4 Å². The fourth-order valence-corrected chi connectivity index (χ4v) is 3.61. The van der Waals surface area contributed by atoms with Crippen LogP contribution in [0, 0.1) is 11.6 Å². The highest BCUT2D eigenvalue weighted by molar-refractivity contribution is 6.31. The van der Waals surface area contributed by atoms with Crippen LogP contribution in [-0.4, -0.2) is 51.7 Å². The van der Waals surface area contributed by atoms with Crippen LogP contribution in [0.5, 0.6) is 5.75 Å². The van der Waals surface area contributed by atoms with Gasteiger partial charge in [-0.2, -0.15) is 5.10 Å². The fourth-order valence-electron chi connectivity index (χ4n) is 3.41. The highest BCUT2D eigenvalue weighted by Gasteiger charge is 2.24. The average Bonchev–Trinajstić information content (AvgIpc) is 3.24. The lowest BCUT2D eigenvalue weighted by molar-refractivity contribution is 0.0620. The molecule has 162 valence electrons. The van der Waals surface area contributed by atoms with E-state index in [0.29, 0.717) is 18.8 Å². The monoisotopic (exact) mass is 446 g/mol. The molecule has 3 aromatic rings. The molecule has 0 N–H and O–H groups in total. The lowest BCUT2D eigenvalue weighted by atomic mass is 10.2. The molecule has 1 aliphatic heterocycles. The van der Waals surface area contributed by atoms with Gasteiger partial charge in [-0.3, -0.25) is 9.69 Å². The zero-order chi connectivity index (χ0) is 21.8. The van der Waals surface area contributed by atoms with Crippen LogP contribution in [-0.2, 0) is 13.3 Å². The maximum absolute atomic E-state index is 13.7. The van der Waals surface area contributed by atoms with Crippen molar-refractivity contribution in [3.05, 3.63) is 82.6 Å². The van der Waals surface area contributed by atoms with E-state index in [4.69, 9.17) is 16.3 Å². The van der Waals surface area contributed by atoms with Crippen molar-refractivity contribution in [2.75, 3.05) is 26.2 Å². The number of amides is 1. The van der Waals surface area contributed by atoms with Crippen molar-refractivity contribution in [2.24, 2.45) is 0 Å². The van der Waals surface area contributed by atoms with Gasteiger partial charge in [0.25, 0.3) is 5.91 Å². The van der Waals surface area contributed by atoms with Crippen LogP contribution in [0.4, 0.5) is 8.78 Å². The Balaban J connectivity index is 1.29. The van der Waals surface area contributed by atoms with Gasteiger partial charge in [-0.1, -0.05) is 29.8 Å². The van der Waals surface area contributed by atoms with Crippen molar-refractivity contribution in [3.8, 4) is 5.75 Å². The molecule has 31 heavy (non-hydrogen) atoms. The summed E-state index contributed by atoms with van der Waals surface area (Å²) < 4.78 is 33.3. The van der Waals surface area contributed by atoms with Crippen molar-refractivity contribution < 1.29 is 18.3 Å². The smallest absolute Gasteiger partial charge is 0.274 e. The summed E-state index contributed by atoms with van der Waals surface area (Å²) in [4.78, 5) is 16.8. The summed E-state index contributed by atoms with van der Waals surface area (Å²) in [7, 11) is 0. The molecule has 1 amide bonds. The van der Waals surface area contributed by atoms with Gasteiger partial charge in [0, 0.05) is 50.0 Å². The minimum atomic E-state index is -0.793. The van der Waals surface area contributed by atoms with Crippen LogP contribution in [0.3, 0.4) is 0 Å². The number of carbonyl (C=O) groups is 1. The van der Waals surface area contributed by atoms with Crippen molar-refractivity contribution in [3.63, 3.8) is 0 Å². The summed E-state index contributed by atoms with van der Waals surface area (Å²) in [5.74, 6) is -1.72. The summed E-state index contributed by atoms with van der Waals surface area (Å²) in [6, 6.07) is 12.4. The largest absolute Gasteiger partial charge is 0.468 e. The molecule has 0 unspecified atom stereocenters. The number of carbonyl (C=O) groups excluding carboxylic acids is 1. The highest BCUT2D eigenvalue weighted by Crippen LogP contribution is 2.19. The van der Waals surface area contributed by atoms with Crippen LogP contribution in [0.15, 0.2) is 54.7 Å². The van der Waals surface area contributed by atoms with Gasteiger partial charge in [0.2, 0.25) is 0 Å².